The smallest absolute Gasteiger partial charge is 0.253 e. The van der Waals surface area contributed by atoms with Crippen LogP contribution in [0.5, 0.6) is 5.75 Å². The molecule has 142 valence electrons. The Kier molecular flexibility index (Phi) is 3.75. The van der Waals surface area contributed by atoms with E-state index in [1.54, 1.807) is 6.20 Å². The third-order valence-electron chi connectivity index (χ3n) is 5.89. The molecular formula is C22H21N3O3. The lowest BCUT2D eigenvalue weighted by atomic mass is 9.82. The molecule has 1 saturated heterocycles. The molecule has 0 aliphatic carbocycles. The molecular weight excluding hydrogens is 354 g/mol. The Morgan fingerprint density at radius 2 is 2.00 bits per heavy atom. The molecule has 28 heavy (non-hydrogen) atoms. The normalized spacial score (nSPS) is 18.2. The van der Waals surface area contributed by atoms with Crippen LogP contribution >= 0.6 is 0 Å². The Hall–Kier alpha value is -3.15. The standard InChI is InChI=1S/C22H21N3O3/c1-14-2-5-20-17(10-14)19(26)12-22(28-20)6-8-25(9-7-22)21(27)15-3-4-18-16(11-15)13-23-24-18/h2-5,10-11,13H,6-9,12H2,1H3,(H,23,24). The van der Waals surface area contributed by atoms with Gasteiger partial charge in [0.2, 0.25) is 0 Å². The van der Waals surface area contributed by atoms with Gasteiger partial charge >= 0.3 is 0 Å². The number of benzene rings is 2. The number of fused-ring (bicyclic) bond motifs is 2. The molecule has 0 atom stereocenters. The van der Waals surface area contributed by atoms with Crippen molar-refractivity contribution >= 4 is 22.6 Å². The van der Waals surface area contributed by atoms with Gasteiger partial charge in [-0.05, 0) is 37.3 Å². The molecule has 0 bridgehead atoms. The highest BCUT2D eigenvalue weighted by Gasteiger charge is 2.43. The Morgan fingerprint density at radius 3 is 2.82 bits per heavy atom. The summed E-state index contributed by atoms with van der Waals surface area (Å²) in [6.45, 7) is 3.14. The summed E-state index contributed by atoms with van der Waals surface area (Å²) in [4.78, 5) is 27.5. The van der Waals surface area contributed by atoms with Crippen LogP contribution in [0.3, 0.4) is 0 Å². The van der Waals surface area contributed by atoms with Crippen molar-refractivity contribution in [3.05, 3.63) is 59.3 Å². The van der Waals surface area contributed by atoms with Gasteiger partial charge in [0.1, 0.15) is 11.4 Å². The first-order chi connectivity index (χ1) is 13.5. The number of Topliss-reactive ketones (excluding diaryl/α,β-unsaturated/α-hetero) is 1. The van der Waals surface area contributed by atoms with Gasteiger partial charge in [-0.2, -0.15) is 5.10 Å². The van der Waals surface area contributed by atoms with Crippen molar-refractivity contribution in [1.82, 2.24) is 15.1 Å². The fourth-order valence-corrected chi connectivity index (χ4v) is 4.26. The summed E-state index contributed by atoms with van der Waals surface area (Å²) >= 11 is 0. The van der Waals surface area contributed by atoms with Gasteiger partial charge < -0.3 is 9.64 Å². The molecule has 6 nitrogen and oxygen atoms in total. The highest BCUT2D eigenvalue weighted by atomic mass is 16.5. The molecule has 3 heterocycles. The van der Waals surface area contributed by atoms with E-state index < -0.39 is 5.60 Å². The van der Waals surface area contributed by atoms with Crippen LogP contribution in [0, 0.1) is 6.92 Å². The first kappa shape index (κ1) is 17.0. The Balaban J connectivity index is 1.32. The van der Waals surface area contributed by atoms with Gasteiger partial charge in [0.05, 0.1) is 23.7 Å². The predicted octanol–water partition coefficient (Wildman–Crippen LogP) is 3.51. The molecule has 0 unspecified atom stereocenters. The molecule has 2 aliphatic heterocycles. The Morgan fingerprint density at radius 1 is 1.18 bits per heavy atom. The highest BCUT2D eigenvalue weighted by molar-refractivity contribution is 6.01. The minimum absolute atomic E-state index is 0.0103. The third-order valence-corrected chi connectivity index (χ3v) is 5.89. The van der Waals surface area contributed by atoms with Crippen LogP contribution in [0.1, 0.15) is 45.5 Å². The van der Waals surface area contributed by atoms with Crippen LogP contribution in [0.4, 0.5) is 0 Å². The average molecular weight is 375 g/mol. The molecule has 5 rings (SSSR count). The number of rotatable bonds is 1. The number of amides is 1. The zero-order chi connectivity index (χ0) is 19.3. The van der Waals surface area contributed by atoms with Crippen LogP contribution < -0.4 is 4.74 Å². The number of carbonyl (C=O) groups excluding carboxylic acids is 2. The zero-order valence-corrected chi connectivity index (χ0v) is 15.7. The van der Waals surface area contributed by atoms with Crippen LogP contribution in [-0.4, -0.2) is 45.5 Å². The number of carbonyl (C=O) groups is 2. The molecule has 1 amide bonds. The van der Waals surface area contributed by atoms with Crippen molar-refractivity contribution in [2.45, 2.75) is 31.8 Å². The fourth-order valence-electron chi connectivity index (χ4n) is 4.26. The number of nitrogens with one attached hydrogen (secondary N) is 1. The fraction of sp³-hybridized carbons (Fsp3) is 0.318. The Labute approximate surface area is 162 Å². The summed E-state index contributed by atoms with van der Waals surface area (Å²) < 4.78 is 6.30. The summed E-state index contributed by atoms with van der Waals surface area (Å²) in [5, 5.41) is 7.82. The summed E-state index contributed by atoms with van der Waals surface area (Å²) in [6.07, 6.45) is 3.42. The highest BCUT2D eigenvalue weighted by Crippen LogP contribution is 2.39. The van der Waals surface area contributed by atoms with Crippen molar-refractivity contribution in [2.75, 3.05) is 13.1 Å². The lowest BCUT2D eigenvalue weighted by molar-refractivity contribution is -0.00572. The maximum Gasteiger partial charge on any atom is 0.253 e. The number of H-pyrrole nitrogens is 1. The molecule has 1 aromatic heterocycles. The predicted molar refractivity (Wildman–Crippen MR) is 105 cm³/mol. The molecule has 3 aromatic rings. The number of hydrogen-bond donors (Lipinski definition) is 1. The number of likely N-dealkylation sites (tertiary alicyclic amines) is 1. The van der Waals surface area contributed by atoms with Crippen LogP contribution in [-0.2, 0) is 0 Å². The number of ether oxygens (including phenoxy) is 1. The molecule has 1 N–H and O–H groups in total. The summed E-state index contributed by atoms with van der Waals surface area (Å²) in [5.74, 6) is 0.818. The summed E-state index contributed by atoms with van der Waals surface area (Å²) in [6, 6.07) is 11.3. The minimum Gasteiger partial charge on any atom is -0.486 e. The van der Waals surface area contributed by atoms with Crippen molar-refractivity contribution in [1.29, 1.82) is 0 Å². The van der Waals surface area contributed by atoms with Crippen LogP contribution in [0.25, 0.3) is 10.9 Å². The van der Waals surface area contributed by atoms with Crippen LogP contribution in [0.15, 0.2) is 42.6 Å². The van der Waals surface area contributed by atoms with Crippen molar-refractivity contribution in [3.63, 3.8) is 0 Å². The number of aryl methyl sites for hydroxylation is 1. The number of hydrogen-bond acceptors (Lipinski definition) is 4. The zero-order valence-electron chi connectivity index (χ0n) is 15.7. The minimum atomic E-state index is -0.495. The quantitative estimate of drug-likeness (QED) is 0.706. The van der Waals surface area contributed by atoms with E-state index in [1.165, 1.54) is 0 Å². The van der Waals surface area contributed by atoms with Crippen molar-refractivity contribution < 1.29 is 14.3 Å². The SMILES string of the molecule is Cc1ccc2c(c1)C(=O)CC1(CCN(C(=O)c3ccc4[nH]ncc4c3)CC1)O2. The average Bonchev–Trinajstić information content (AvgIpc) is 3.17. The maximum atomic E-state index is 12.9. The molecule has 2 aliphatic rings. The van der Waals surface area contributed by atoms with E-state index in [-0.39, 0.29) is 11.7 Å². The topological polar surface area (TPSA) is 75.3 Å². The van der Waals surface area contributed by atoms with Gasteiger partial charge in [-0.15, -0.1) is 0 Å². The number of nitrogens with zero attached hydrogens (tertiary/aromatic N) is 2. The molecule has 1 fully saturated rings. The number of piperidine rings is 1. The number of aromatic amines is 1. The van der Waals surface area contributed by atoms with Gasteiger partial charge in [-0.25, -0.2) is 0 Å². The van der Waals surface area contributed by atoms with E-state index in [4.69, 9.17) is 4.74 Å². The van der Waals surface area contributed by atoms with Gasteiger partial charge in [-0.1, -0.05) is 11.6 Å². The second-order valence-electron chi connectivity index (χ2n) is 7.85. The van der Waals surface area contributed by atoms with E-state index in [2.05, 4.69) is 10.2 Å². The third kappa shape index (κ3) is 2.76. The number of aromatic nitrogens is 2. The van der Waals surface area contributed by atoms with Crippen molar-refractivity contribution in [2.24, 2.45) is 0 Å². The molecule has 6 heteroatoms. The second kappa shape index (κ2) is 6.19. The van der Waals surface area contributed by atoms with Crippen LogP contribution in [0.2, 0.25) is 0 Å². The largest absolute Gasteiger partial charge is 0.486 e. The first-order valence-electron chi connectivity index (χ1n) is 9.58. The van der Waals surface area contributed by atoms with Gasteiger partial charge in [0, 0.05) is 36.9 Å². The van der Waals surface area contributed by atoms with Gasteiger partial charge in [-0.3, -0.25) is 14.7 Å². The first-order valence-corrected chi connectivity index (χ1v) is 9.58. The second-order valence-corrected chi connectivity index (χ2v) is 7.85. The van der Waals surface area contributed by atoms with Crippen molar-refractivity contribution in [3.8, 4) is 5.75 Å². The van der Waals surface area contributed by atoms with E-state index in [9.17, 15) is 9.59 Å². The van der Waals surface area contributed by atoms with E-state index in [0.717, 1.165) is 16.5 Å². The lowest BCUT2D eigenvalue weighted by Crippen LogP contribution is -2.52. The number of ketones is 1. The maximum absolute atomic E-state index is 12.9. The van der Waals surface area contributed by atoms with E-state index >= 15 is 0 Å². The summed E-state index contributed by atoms with van der Waals surface area (Å²) in [7, 11) is 0. The molecule has 2 aromatic carbocycles. The van der Waals surface area contributed by atoms with Gasteiger partial charge in [0.15, 0.2) is 5.78 Å². The summed E-state index contributed by atoms with van der Waals surface area (Å²) in [5.41, 5.74) is 2.81. The molecule has 0 radical (unpaired) electrons. The Bertz CT molecular complexity index is 1090. The molecule has 1 spiro atoms. The monoisotopic (exact) mass is 375 g/mol. The van der Waals surface area contributed by atoms with E-state index in [1.807, 2.05) is 48.2 Å². The molecule has 0 saturated carbocycles. The lowest BCUT2D eigenvalue weighted by Gasteiger charge is -2.44. The van der Waals surface area contributed by atoms with Gasteiger partial charge in [0.25, 0.3) is 5.91 Å². The van der Waals surface area contributed by atoms with E-state index in [0.29, 0.717) is 49.2 Å².